The second-order valence-corrected chi connectivity index (χ2v) is 11.8. The van der Waals surface area contributed by atoms with Crippen LogP contribution < -0.4 is 4.90 Å². The molecule has 6 rings (SSSR count). The molecular formula is C31H34F3N3O5. The molecule has 0 radical (unpaired) electrons. The van der Waals surface area contributed by atoms with Gasteiger partial charge >= 0.3 is 6.18 Å². The summed E-state index contributed by atoms with van der Waals surface area (Å²) in [5.74, 6) is -1.07. The van der Waals surface area contributed by atoms with Crippen LogP contribution in [-0.4, -0.2) is 78.1 Å². The number of piperidine rings is 2. The van der Waals surface area contributed by atoms with E-state index in [1.807, 2.05) is 11.0 Å². The minimum absolute atomic E-state index is 0.0687. The number of rotatable bonds is 5. The van der Waals surface area contributed by atoms with Crippen LogP contribution in [0.4, 0.5) is 18.9 Å². The SMILES string of the molecule is O=C([C@@H]1CCCN(c2cccc3c2C(=O)N(C[C@H]2CCCO2)C3=O)C1)N1CCC(O)(c2cccc(C(F)(F)F)c2)CC1. The number of nitrogens with zero attached hydrogens (tertiary/aromatic N) is 3. The second-order valence-electron chi connectivity index (χ2n) is 11.8. The van der Waals surface area contributed by atoms with Gasteiger partial charge in [-0.25, -0.2) is 0 Å². The number of carbonyl (C=O) groups is 3. The molecule has 2 aromatic carbocycles. The molecule has 3 amide bonds. The van der Waals surface area contributed by atoms with E-state index in [2.05, 4.69) is 0 Å². The summed E-state index contributed by atoms with van der Waals surface area (Å²) >= 11 is 0. The lowest BCUT2D eigenvalue weighted by Crippen LogP contribution is -2.50. The molecule has 3 fully saturated rings. The number of imide groups is 1. The second kappa shape index (κ2) is 11.0. The van der Waals surface area contributed by atoms with Gasteiger partial charge in [0, 0.05) is 32.8 Å². The Hall–Kier alpha value is -3.44. The summed E-state index contributed by atoms with van der Waals surface area (Å²) in [5, 5.41) is 11.2. The largest absolute Gasteiger partial charge is 0.416 e. The summed E-state index contributed by atoms with van der Waals surface area (Å²) in [6.07, 6.45) is -1.27. The zero-order valence-electron chi connectivity index (χ0n) is 23.2. The van der Waals surface area contributed by atoms with Crippen molar-refractivity contribution < 1.29 is 37.4 Å². The maximum Gasteiger partial charge on any atom is 0.416 e. The maximum atomic E-state index is 13.6. The maximum absolute atomic E-state index is 13.6. The summed E-state index contributed by atoms with van der Waals surface area (Å²) in [6.45, 7) is 2.35. The van der Waals surface area contributed by atoms with Crippen molar-refractivity contribution in [2.75, 3.05) is 44.2 Å². The van der Waals surface area contributed by atoms with Crippen molar-refractivity contribution in [1.29, 1.82) is 0 Å². The Morgan fingerprint density at radius 1 is 1.00 bits per heavy atom. The Bertz CT molecular complexity index is 1380. The quantitative estimate of drug-likeness (QED) is 0.529. The van der Waals surface area contributed by atoms with E-state index in [9.17, 15) is 32.7 Å². The van der Waals surface area contributed by atoms with Crippen LogP contribution in [0.15, 0.2) is 42.5 Å². The van der Waals surface area contributed by atoms with Gasteiger partial charge in [-0.05, 0) is 68.4 Å². The average molecular weight is 586 g/mol. The molecule has 42 heavy (non-hydrogen) atoms. The number of alkyl halides is 3. The number of carbonyl (C=O) groups excluding carboxylic acids is 3. The standard InChI is InChI=1S/C31H34F3N3O5/c32-31(33,34)22-7-1-6-21(17-22)30(41)11-14-35(15-12-30)27(38)20-5-3-13-36(18-20)25-10-2-9-24-26(25)29(40)37(28(24)39)19-23-8-4-16-42-23/h1-2,6-7,9-10,17,20,23,41H,3-5,8,11-16,18-19H2/t20-,23-/m1/s1. The molecule has 0 spiro atoms. The van der Waals surface area contributed by atoms with Crippen molar-refractivity contribution in [1.82, 2.24) is 9.80 Å². The molecule has 0 saturated carbocycles. The van der Waals surface area contributed by atoms with Crippen LogP contribution in [0.1, 0.15) is 70.4 Å². The number of halogens is 3. The molecule has 4 heterocycles. The fourth-order valence-corrected chi connectivity index (χ4v) is 6.76. The third-order valence-electron chi connectivity index (χ3n) is 9.13. The van der Waals surface area contributed by atoms with E-state index in [4.69, 9.17) is 4.74 Å². The van der Waals surface area contributed by atoms with Crippen LogP contribution in [0.25, 0.3) is 0 Å². The molecule has 8 nitrogen and oxygen atoms in total. The fraction of sp³-hybridized carbons (Fsp3) is 0.516. The molecule has 3 saturated heterocycles. The monoisotopic (exact) mass is 585 g/mol. The number of hydrogen-bond donors (Lipinski definition) is 1. The Kier molecular flexibility index (Phi) is 7.51. The molecule has 224 valence electrons. The number of ether oxygens (including phenoxy) is 1. The van der Waals surface area contributed by atoms with E-state index >= 15 is 0 Å². The first-order chi connectivity index (χ1) is 20.0. The smallest absolute Gasteiger partial charge is 0.385 e. The topological polar surface area (TPSA) is 90.4 Å². The lowest BCUT2D eigenvalue weighted by atomic mass is 9.83. The average Bonchev–Trinajstić information content (AvgIpc) is 3.60. The van der Waals surface area contributed by atoms with Gasteiger partial charge < -0.3 is 19.6 Å². The third-order valence-corrected chi connectivity index (χ3v) is 9.13. The Balaban J connectivity index is 1.13. The summed E-state index contributed by atoms with van der Waals surface area (Å²) in [4.78, 5) is 45.1. The van der Waals surface area contributed by atoms with Gasteiger partial charge in [0.15, 0.2) is 0 Å². The number of fused-ring (bicyclic) bond motifs is 1. The molecule has 11 heteroatoms. The van der Waals surface area contributed by atoms with Gasteiger partial charge in [0.2, 0.25) is 5.91 Å². The first kappa shape index (κ1) is 28.7. The lowest BCUT2D eigenvalue weighted by Gasteiger charge is -2.41. The molecule has 4 aliphatic rings. The Labute approximate surface area is 242 Å². The molecule has 1 N–H and O–H groups in total. The molecule has 2 atom stereocenters. The fourth-order valence-electron chi connectivity index (χ4n) is 6.76. The van der Waals surface area contributed by atoms with Crippen LogP contribution in [0, 0.1) is 5.92 Å². The van der Waals surface area contributed by atoms with Crippen LogP contribution in [0.2, 0.25) is 0 Å². The van der Waals surface area contributed by atoms with Crippen molar-refractivity contribution in [2.45, 2.75) is 56.4 Å². The minimum atomic E-state index is -4.50. The molecule has 0 aromatic heterocycles. The normalized spacial score (nSPS) is 24.3. The van der Waals surface area contributed by atoms with Gasteiger partial charge in [-0.2, -0.15) is 13.2 Å². The number of hydrogen-bond acceptors (Lipinski definition) is 6. The van der Waals surface area contributed by atoms with Crippen LogP contribution in [0.3, 0.4) is 0 Å². The molecule has 0 unspecified atom stereocenters. The van der Waals surface area contributed by atoms with Crippen LogP contribution >= 0.6 is 0 Å². The van der Waals surface area contributed by atoms with Crippen molar-refractivity contribution in [3.05, 3.63) is 64.7 Å². The number of anilines is 1. The van der Waals surface area contributed by atoms with E-state index in [-0.39, 0.29) is 67.8 Å². The number of aliphatic hydroxyl groups is 1. The first-order valence-corrected chi connectivity index (χ1v) is 14.6. The van der Waals surface area contributed by atoms with Gasteiger partial charge in [-0.1, -0.05) is 18.2 Å². The van der Waals surface area contributed by atoms with Gasteiger partial charge in [0.05, 0.1) is 46.5 Å². The highest BCUT2D eigenvalue weighted by molar-refractivity contribution is 6.23. The van der Waals surface area contributed by atoms with E-state index in [1.165, 1.54) is 17.0 Å². The first-order valence-electron chi connectivity index (χ1n) is 14.6. The molecule has 0 aliphatic carbocycles. The van der Waals surface area contributed by atoms with Crippen molar-refractivity contribution >= 4 is 23.4 Å². The summed E-state index contributed by atoms with van der Waals surface area (Å²) < 4.78 is 45.3. The highest BCUT2D eigenvalue weighted by atomic mass is 19.4. The van der Waals surface area contributed by atoms with Crippen molar-refractivity contribution in [3.8, 4) is 0 Å². The lowest BCUT2D eigenvalue weighted by molar-refractivity contribution is -0.140. The van der Waals surface area contributed by atoms with E-state index in [0.717, 1.165) is 31.4 Å². The summed E-state index contributed by atoms with van der Waals surface area (Å²) in [5.41, 5.74) is -0.651. The van der Waals surface area contributed by atoms with Crippen LogP contribution in [0.5, 0.6) is 0 Å². The highest BCUT2D eigenvalue weighted by Crippen LogP contribution is 2.38. The number of benzene rings is 2. The molecule has 4 aliphatic heterocycles. The Morgan fingerprint density at radius 3 is 2.48 bits per heavy atom. The van der Waals surface area contributed by atoms with Gasteiger partial charge in [-0.15, -0.1) is 0 Å². The van der Waals surface area contributed by atoms with Gasteiger partial charge in [0.25, 0.3) is 11.8 Å². The van der Waals surface area contributed by atoms with E-state index in [0.29, 0.717) is 42.9 Å². The highest BCUT2D eigenvalue weighted by Gasteiger charge is 2.42. The third kappa shape index (κ3) is 5.28. The molecule has 0 bridgehead atoms. The zero-order valence-corrected chi connectivity index (χ0v) is 23.2. The van der Waals surface area contributed by atoms with Crippen LogP contribution in [-0.2, 0) is 21.3 Å². The number of amides is 3. The minimum Gasteiger partial charge on any atom is -0.385 e. The van der Waals surface area contributed by atoms with E-state index < -0.39 is 17.3 Å². The zero-order chi connectivity index (χ0) is 29.6. The number of likely N-dealkylation sites (tertiary alicyclic amines) is 1. The summed E-state index contributed by atoms with van der Waals surface area (Å²) in [7, 11) is 0. The van der Waals surface area contributed by atoms with Crippen molar-refractivity contribution in [3.63, 3.8) is 0 Å². The van der Waals surface area contributed by atoms with Gasteiger partial charge in [0.1, 0.15) is 0 Å². The predicted octanol–water partition coefficient (Wildman–Crippen LogP) is 4.21. The van der Waals surface area contributed by atoms with Crippen molar-refractivity contribution in [2.24, 2.45) is 5.92 Å². The predicted molar refractivity (Wildman–Crippen MR) is 147 cm³/mol. The summed E-state index contributed by atoms with van der Waals surface area (Å²) in [6, 6.07) is 10.0. The Morgan fingerprint density at radius 2 is 1.76 bits per heavy atom. The van der Waals surface area contributed by atoms with E-state index in [1.54, 1.807) is 17.0 Å². The molecule has 2 aromatic rings. The van der Waals surface area contributed by atoms with Gasteiger partial charge in [-0.3, -0.25) is 19.3 Å². The molecular weight excluding hydrogens is 551 g/mol.